The molecule has 2 aromatic rings. The minimum absolute atomic E-state index is 0.00694. The third-order valence-corrected chi connectivity index (χ3v) is 9.39. The molecule has 0 aliphatic carbocycles. The van der Waals surface area contributed by atoms with Crippen LogP contribution in [-0.2, 0) is 34.8 Å². The van der Waals surface area contributed by atoms with Gasteiger partial charge in [-0.3, -0.25) is 24.4 Å². The molecular weight excluding hydrogens is 606 g/mol. The maximum Gasteiger partial charge on any atom is 0.324 e. The highest BCUT2D eigenvalue weighted by Crippen LogP contribution is 2.21. The Morgan fingerprint density at radius 3 is 2.48 bits per heavy atom. The van der Waals surface area contributed by atoms with E-state index in [9.17, 15) is 18.6 Å². The summed E-state index contributed by atoms with van der Waals surface area (Å²) in [6, 6.07) is 8.47. The van der Waals surface area contributed by atoms with E-state index in [-0.39, 0.29) is 34.4 Å². The van der Waals surface area contributed by atoms with E-state index in [0.717, 1.165) is 22.2 Å². The molecule has 1 aliphatic rings. The highest BCUT2D eigenvalue weighted by Gasteiger charge is 2.33. The molecule has 1 aromatic heterocycles. The Hall–Kier alpha value is -3.19. The molecule has 11 nitrogen and oxygen atoms in total. The number of carbonyl (C=O) groups is 3. The normalized spacial score (nSPS) is 19.1. The zero-order valence-corrected chi connectivity index (χ0v) is 29.4. The van der Waals surface area contributed by atoms with Crippen LogP contribution in [0, 0.1) is 11.8 Å². The summed E-state index contributed by atoms with van der Waals surface area (Å²) in [5.74, 6) is -1.23. The molecule has 1 aliphatic heterocycles. The number of nitrogens with zero attached hydrogens (tertiary/aromatic N) is 2. The van der Waals surface area contributed by atoms with Crippen molar-refractivity contribution in [2.75, 3.05) is 20.3 Å². The zero-order valence-electron chi connectivity index (χ0n) is 28.6. The van der Waals surface area contributed by atoms with Gasteiger partial charge in [0.1, 0.15) is 18.2 Å². The van der Waals surface area contributed by atoms with Gasteiger partial charge in [-0.25, -0.2) is 14.4 Å². The Labute approximate surface area is 275 Å². The predicted molar refractivity (Wildman–Crippen MR) is 181 cm³/mol. The van der Waals surface area contributed by atoms with Gasteiger partial charge in [-0.05, 0) is 77.0 Å². The first kappa shape index (κ1) is 37.3. The van der Waals surface area contributed by atoms with Gasteiger partial charge in [0.2, 0.25) is 5.91 Å². The Morgan fingerprint density at radius 1 is 1.13 bits per heavy atom. The lowest BCUT2D eigenvalue weighted by Gasteiger charge is -2.34. The van der Waals surface area contributed by atoms with E-state index in [1.807, 2.05) is 91.0 Å². The molecule has 2 heterocycles. The highest BCUT2D eigenvalue weighted by atomic mass is 32.2. The maximum atomic E-state index is 13.2. The number of hydrogen-bond donors (Lipinski definition) is 3. The molecule has 0 radical (unpaired) electrons. The lowest BCUT2D eigenvalue weighted by molar-refractivity contribution is -0.151. The van der Waals surface area contributed by atoms with Crippen LogP contribution in [0.25, 0.3) is 17.0 Å². The van der Waals surface area contributed by atoms with Gasteiger partial charge in [0.15, 0.2) is 0 Å². The molecule has 3 rings (SSSR count). The minimum atomic E-state index is -1.21. The number of ether oxygens (including phenoxy) is 2. The van der Waals surface area contributed by atoms with Crippen LogP contribution >= 0.6 is 0 Å². The van der Waals surface area contributed by atoms with Crippen molar-refractivity contribution in [2.24, 2.45) is 11.8 Å². The average molecular weight is 658 g/mol. The summed E-state index contributed by atoms with van der Waals surface area (Å²) in [7, 11) is 0.105. The number of methoxy groups -OCH3 is 1. The average Bonchev–Trinajstić information content (AvgIpc) is 3.01. The van der Waals surface area contributed by atoms with Gasteiger partial charge in [0.25, 0.3) is 5.91 Å². The number of aromatic nitrogens is 1. The van der Waals surface area contributed by atoms with Crippen molar-refractivity contribution in [1.29, 1.82) is 0 Å². The minimum Gasteiger partial charge on any atom is -0.468 e. The van der Waals surface area contributed by atoms with E-state index < -0.39 is 35.1 Å². The SMILES string of the molecule is COC(=O)[C@@H]1CCCN(C(=O)[C@H](C)NC(=O)[C@@H](OCC(C)C=Cc2ccc3ccc([C@@H](C)N[S@@](=O)C(C)(C)C)nc3c2)C(C)C)N1. The largest absolute Gasteiger partial charge is 0.468 e. The molecule has 6 atom stereocenters. The van der Waals surface area contributed by atoms with Crippen molar-refractivity contribution in [2.45, 2.75) is 97.2 Å². The van der Waals surface area contributed by atoms with Crippen LogP contribution in [0.5, 0.6) is 0 Å². The first-order chi connectivity index (χ1) is 21.6. The molecule has 0 saturated carbocycles. The zero-order chi connectivity index (χ0) is 34.2. The monoisotopic (exact) mass is 657 g/mol. The first-order valence-electron chi connectivity index (χ1n) is 15.9. The van der Waals surface area contributed by atoms with Crippen molar-refractivity contribution in [3.05, 3.63) is 47.7 Å². The highest BCUT2D eigenvalue weighted by molar-refractivity contribution is 7.84. The van der Waals surface area contributed by atoms with Gasteiger partial charge in [-0.15, -0.1) is 0 Å². The number of hydrazine groups is 1. The number of rotatable bonds is 13. The number of hydrogen-bond acceptors (Lipinski definition) is 8. The van der Waals surface area contributed by atoms with Gasteiger partial charge >= 0.3 is 5.97 Å². The first-order valence-corrected chi connectivity index (χ1v) is 17.1. The van der Waals surface area contributed by atoms with E-state index in [1.54, 1.807) is 6.92 Å². The van der Waals surface area contributed by atoms with Crippen molar-refractivity contribution in [3.8, 4) is 0 Å². The third kappa shape index (κ3) is 10.4. The van der Waals surface area contributed by atoms with Crippen molar-refractivity contribution in [3.63, 3.8) is 0 Å². The van der Waals surface area contributed by atoms with E-state index in [0.29, 0.717) is 26.0 Å². The Kier molecular flexibility index (Phi) is 13.4. The second-order valence-corrected chi connectivity index (χ2v) is 15.3. The fourth-order valence-corrected chi connectivity index (χ4v) is 5.69. The maximum absolute atomic E-state index is 13.2. The molecule has 3 N–H and O–H groups in total. The Balaban J connectivity index is 1.57. The standard InChI is InChI=1S/C34H51N5O6S/c1-21(2)30(31(40)35-24(5)32(41)39-18-10-11-28(37-39)33(42)44-9)45-20-22(3)12-13-25-14-15-26-16-17-27(36-29(26)19-25)23(4)38-46(43)34(6,7)8/h12-17,19,21-24,28,30,37-38H,10-11,18,20H2,1-9H3,(H,35,40)/t22?,23-,24+,28+,30+,46+/m1/s1. The van der Waals surface area contributed by atoms with Gasteiger partial charge in [0, 0.05) is 11.9 Å². The summed E-state index contributed by atoms with van der Waals surface area (Å²) in [6.45, 7) is 15.9. The Morgan fingerprint density at radius 2 is 1.83 bits per heavy atom. The Bertz CT molecular complexity index is 1420. The molecule has 2 amide bonds. The number of amides is 2. The van der Waals surface area contributed by atoms with Crippen LogP contribution < -0.4 is 15.5 Å². The van der Waals surface area contributed by atoms with E-state index >= 15 is 0 Å². The fourth-order valence-electron chi connectivity index (χ4n) is 4.90. The summed E-state index contributed by atoms with van der Waals surface area (Å²) in [4.78, 5) is 42.9. The van der Waals surface area contributed by atoms with Crippen molar-refractivity contribution < 1.29 is 28.1 Å². The molecule has 0 spiro atoms. The molecule has 1 saturated heterocycles. The summed E-state index contributed by atoms with van der Waals surface area (Å²) in [5, 5.41) is 5.18. The number of carbonyl (C=O) groups excluding carboxylic acids is 3. The molecule has 0 bridgehead atoms. The van der Waals surface area contributed by atoms with Crippen LogP contribution in [-0.4, -0.2) is 75.2 Å². The van der Waals surface area contributed by atoms with E-state index in [2.05, 4.69) is 15.5 Å². The summed E-state index contributed by atoms with van der Waals surface area (Å²) >= 11 is 0. The van der Waals surface area contributed by atoms with Crippen molar-refractivity contribution in [1.82, 2.24) is 25.5 Å². The van der Waals surface area contributed by atoms with Gasteiger partial charge < -0.3 is 14.8 Å². The summed E-state index contributed by atoms with van der Waals surface area (Å²) in [5.41, 5.74) is 5.55. The predicted octanol–water partition coefficient (Wildman–Crippen LogP) is 4.21. The van der Waals surface area contributed by atoms with Gasteiger partial charge in [-0.1, -0.05) is 51.1 Å². The second-order valence-electron chi connectivity index (χ2n) is 13.3. The van der Waals surface area contributed by atoms with E-state index in [1.165, 1.54) is 12.1 Å². The molecular formula is C34H51N5O6S. The third-order valence-electron chi connectivity index (χ3n) is 7.71. The molecule has 1 aromatic carbocycles. The number of pyridine rings is 1. The molecule has 1 fully saturated rings. The van der Waals surface area contributed by atoms with Gasteiger partial charge in [-0.2, -0.15) is 0 Å². The molecule has 46 heavy (non-hydrogen) atoms. The topological polar surface area (TPSA) is 139 Å². The number of fused-ring (bicyclic) bond motifs is 1. The number of nitrogens with one attached hydrogen (secondary N) is 3. The second kappa shape index (κ2) is 16.6. The van der Waals surface area contributed by atoms with E-state index in [4.69, 9.17) is 14.5 Å². The van der Waals surface area contributed by atoms with Crippen LogP contribution in [0.2, 0.25) is 0 Å². The molecule has 12 heteroatoms. The lowest BCUT2D eigenvalue weighted by atomic mass is 10.0. The summed E-state index contributed by atoms with van der Waals surface area (Å²) in [6.07, 6.45) is 4.52. The summed E-state index contributed by atoms with van der Waals surface area (Å²) < 4.78 is 26.2. The lowest BCUT2D eigenvalue weighted by Crippen LogP contribution is -2.60. The molecule has 1 unspecified atom stereocenters. The van der Waals surface area contributed by atoms with Crippen molar-refractivity contribution >= 4 is 45.7 Å². The number of benzene rings is 1. The fraction of sp³-hybridized carbons (Fsp3) is 0.588. The molecule has 254 valence electrons. The van der Waals surface area contributed by atoms with Crippen LogP contribution in [0.1, 0.15) is 85.5 Å². The quantitative estimate of drug-likeness (QED) is 0.273. The van der Waals surface area contributed by atoms with Crippen LogP contribution in [0.3, 0.4) is 0 Å². The van der Waals surface area contributed by atoms with Crippen LogP contribution in [0.15, 0.2) is 36.4 Å². The smallest absolute Gasteiger partial charge is 0.324 e. The van der Waals surface area contributed by atoms with Crippen LogP contribution in [0.4, 0.5) is 0 Å². The van der Waals surface area contributed by atoms with Gasteiger partial charge in [0.05, 0.1) is 46.7 Å². The number of esters is 1.